The third kappa shape index (κ3) is 2.11. The van der Waals surface area contributed by atoms with Gasteiger partial charge in [-0.15, -0.1) is 0 Å². The molecule has 0 aromatic carbocycles. The van der Waals surface area contributed by atoms with Gasteiger partial charge in [-0.2, -0.15) is 0 Å². The molecule has 2 heterocycles. The third-order valence-corrected chi connectivity index (χ3v) is 3.09. The molecule has 2 N–H and O–H groups in total. The van der Waals surface area contributed by atoms with Crippen LogP contribution in [0.5, 0.6) is 0 Å². The van der Waals surface area contributed by atoms with Crippen molar-refractivity contribution >= 4 is 15.9 Å². The van der Waals surface area contributed by atoms with Gasteiger partial charge in [0.1, 0.15) is 6.23 Å². The van der Waals surface area contributed by atoms with Crippen molar-refractivity contribution in [2.75, 3.05) is 6.61 Å². The van der Waals surface area contributed by atoms with E-state index in [-0.39, 0.29) is 17.2 Å². The van der Waals surface area contributed by atoms with Crippen LogP contribution >= 0.6 is 15.9 Å². The number of nitrogens with one attached hydrogen (secondary N) is 1. The van der Waals surface area contributed by atoms with Gasteiger partial charge in [-0.3, -0.25) is 14.3 Å². The normalized spacial score (nSPS) is 24.9. The first-order valence-electron chi connectivity index (χ1n) is 4.89. The highest BCUT2D eigenvalue weighted by molar-refractivity contribution is 9.10. The number of nitrogens with zero attached hydrogens (tertiary/aromatic N) is 1. The number of aliphatic hydroxyl groups is 1. The molecule has 0 amide bonds. The summed E-state index contributed by atoms with van der Waals surface area (Å²) in [7, 11) is 0. The van der Waals surface area contributed by atoms with Gasteiger partial charge in [-0.25, -0.2) is 4.79 Å². The Morgan fingerprint density at radius 2 is 2.31 bits per heavy atom. The van der Waals surface area contributed by atoms with Crippen LogP contribution in [-0.4, -0.2) is 27.4 Å². The first-order valence-corrected chi connectivity index (χ1v) is 5.68. The molecule has 1 aromatic heterocycles. The molecule has 0 spiro atoms. The van der Waals surface area contributed by atoms with E-state index in [9.17, 15) is 9.59 Å². The van der Waals surface area contributed by atoms with Crippen LogP contribution < -0.4 is 11.2 Å². The molecule has 16 heavy (non-hydrogen) atoms. The molecule has 1 aromatic rings. The van der Waals surface area contributed by atoms with Crippen LogP contribution in [0.2, 0.25) is 0 Å². The van der Waals surface area contributed by atoms with E-state index in [1.165, 1.54) is 10.8 Å². The maximum atomic E-state index is 11.5. The minimum absolute atomic E-state index is 0.0597. The molecule has 2 atom stereocenters. The molecular weight excluding hydrogens is 280 g/mol. The van der Waals surface area contributed by atoms with Crippen LogP contribution in [0, 0.1) is 0 Å². The summed E-state index contributed by atoms with van der Waals surface area (Å²) in [6.07, 6.45) is 2.10. The lowest BCUT2D eigenvalue weighted by atomic mass is 10.2. The molecule has 0 radical (unpaired) electrons. The van der Waals surface area contributed by atoms with Crippen molar-refractivity contribution in [1.29, 1.82) is 0 Å². The van der Waals surface area contributed by atoms with E-state index in [1.807, 2.05) is 0 Å². The van der Waals surface area contributed by atoms with Gasteiger partial charge in [0.2, 0.25) is 0 Å². The number of hydrogen-bond acceptors (Lipinski definition) is 4. The van der Waals surface area contributed by atoms with Crippen LogP contribution in [0.3, 0.4) is 0 Å². The number of aromatic nitrogens is 2. The van der Waals surface area contributed by atoms with Gasteiger partial charge in [0, 0.05) is 6.20 Å². The summed E-state index contributed by atoms with van der Waals surface area (Å²) in [4.78, 5) is 24.8. The van der Waals surface area contributed by atoms with Crippen molar-refractivity contribution < 1.29 is 9.84 Å². The SMILES string of the molecule is O=c1[nH]c(=O)n([C@H]2CC[C@H](CO)O2)cc1Br. The fourth-order valence-corrected chi connectivity index (χ4v) is 2.02. The number of ether oxygens (including phenoxy) is 1. The number of halogens is 1. The summed E-state index contributed by atoms with van der Waals surface area (Å²) in [6.45, 7) is -0.0597. The highest BCUT2D eigenvalue weighted by atomic mass is 79.9. The average Bonchev–Trinajstić information content (AvgIpc) is 2.71. The zero-order chi connectivity index (χ0) is 11.7. The van der Waals surface area contributed by atoms with Crippen LogP contribution in [0.25, 0.3) is 0 Å². The molecule has 0 unspecified atom stereocenters. The molecule has 0 bridgehead atoms. The molecule has 0 aliphatic carbocycles. The molecule has 2 rings (SSSR count). The summed E-state index contributed by atoms with van der Waals surface area (Å²) in [5.74, 6) is 0. The summed E-state index contributed by atoms with van der Waals surface area (Å²) >= 11 is 3.05. The van der Waals surface area contributed by atoms with E-state index in [2.05, 4.69) is 20.9 Å². The average molecular weight is 291 g/mol. The van der Waals surface area contributed by atoms with Crippen molar-refractivity contribution in [3.05, 3.63) is 31.5 Å². The maximum Gasteiger partial charge on any atom is 0.330 e. The largest absolute Gasteiger partial charge is 0.394 e. The van der Waals surface area contributed by atoms with Crippen molar-refractivity contribution in [3.63, 3.8) is 0 Å². The van der Waals surface area contributed by atoms with E-state index in [4.69, 9.17) is 9.84 Å². The Labute approximate surface area is 99.0 Å². The number of aromatic amines is 1. The fraction of sp³-hybridized carbons (Fsp3) is 0.556. The minimum Gasteiger partial charge on any atom is -0.394 e. The van der Waals surface area contributed by atoms with Gasteiger partial charge in [0.05, 0.1) is 17.2 Å². The summed E-state index contributed by atoms with van der Waals surface area (Å²) in [5, 5.41) is 8.92. The highest BCUT2D eigenvalue weighted by Gasteiger charge is 2.26. The molecule has 88 valence electrons. The van der Waals surface area contributed by atoms with Gasteiger partial charge < -0.3 is 9.84 Å². The van der Waals surface area contributed by atoms with Gasteiger partial charge in [-0.05, 0) is 28.8 Å². The monoisotopic (exact) mass is 290 g/mol. The Hall–Kier alpha value is -0.920. The van der Waals surface area contributed by atoms with Gasteiger partial charge >= 0.3 is 5.69 Å². The van der Waals surface area contributed by atoms with E-state index in [1.54, 1.807) is 0 Å². The highest BCUT2D eigenvalue weighted by Crippen LogP contribution is 2.26. The Morgan fingerprint density at radius 3 is 2.94 bits per heavy atom. The maximum absolute atomic E-state index is 11.5. The second-order valence-corrected chi connectivity index (χ2v) is 4.47. The van der Waals surface area contributed by atoms with Crippen molar-refractivity contribution in [2.24, 2.45) is 0 Å². The zero-order valence-electron chi connectivity index (χ0n) is 8.35. The van der Waals surface area contributed by atoms with E-state index < -0.39 is 17.5 Å². The smallest absolute Gasteiger partial charge is 0.330 e. The van der Waals surface area contributed by atoms with Crippen LogP contribution in [-0.2, 0) is 4.74 Å². The third-order valence-electron chi connectivity index (χ3n) is 2.52. The Kier molecular flexibility index (Phi) is 3.27. The van der Waals surface area contributed by atoms with Gasteiger partial charge in [-0.1, -0.05) is 0 Å². The van der Waals surface area contributed by atoms with Crippen LogP contribution in [0.15, 0.2) is 20.3 Å². The van der Waals surface area contributed by atoms with E-state index in [0.29, 0.717) is 12.8 Å². The lowest BCUT2D eigenvalue weighted by Gasteiger charge is -2.14. The van der Waals surface area contributed by atoms with Gasteiger partial charge in [0.25, 0.3) is 5.56 Å². The standard InChI is InChI=1S/C9H11BrN2O4/c10-6-3-12(9(15)11-8(6)14)7-2-1-5(4-13)16-7/h3,5,7,13H,1-2,4H2,(H,11,14,15)/t5-,7-/m1/s1. The predicted octanol–water partition coefficient (Wildman–Crippen LogP) is -0.0310. The second-order valence-electron chi connectivity index (χ2n) is 3.62. The topological polar surface area (TPSA) is 84.3 Å². The Balaban J connectivity index is 2.32. The number of rotatable bonds is 2. The van der Waals surface area contributed by atoms with Crippen LogP contribution in [0.4, 0.5) is 0 Å². The summed E-state index contributed by atoms with van der Waals surface area (Å²) in [5.41, 5.74) is -0.963. The lowest BCUT2D eigenvalue weighted by molar-refractivity contribution is -0.0247. The number of aliphatic hydroxyl groups excluding tert-OH is 1. The summed E-state index contributed by atoms with van der Waals surface area (Å²) in [6, 6.07) is 0. The molecule has 1 aliphatic rings. The molecule has 1 saturated heterocycles. The molecule has 7 heteroatoms. The van der Waals surface area contributed by atoms with Crippen molar-refractivity contribution in [2.45, 2.75) is 25.2 Å². The van der Waals surface area contributed by atoms with Crippen LogP contribution in [0.1, 0.15) is 19.1 Å². The molecule has 6 nitrogen and oxygen atoms in total. The quantitative estimate of drug-likeness (QED) is 0.801. The lowest BCUT2D eigenvalue weighted by Crippen LogP contribution is -2.32. The predicted molar refractivity (Wildman–Crippen MR) is 59.3 cm³/mol. The zero-order valence-corrected chi connectivity index (χ0v) is 9.94. The fourth-order valence-electron chi connectivity index (χ4n) is 1.70. The molecule has 0 saturated carbocycles. The Bertz CT molecular complexity index is 495. The Morgan fingerprint density at radius 1 is 1.56 bits per heavy atom. The summed E-state index contributed by atoms with van der Waals surface area (Å²) < 4.78 is 7.04. The molecule has 1 aliphatic heterocycles. The first kappa shape index (κ1) is 11.6. The van der Waals surface area contributed by atoms with E-state index in [0.717, 1.165) is 0 Å². The second kappa shape index (κ2) is 4.52. The molecular formula is C9H11BrN2O4. The van der Waals surface area contributed by atoms with Gasteiger partial charge in [0.15, 0.2) is 0 Å². The number of hydrogen-bond donors (Lipinski definition) is 2. The van der Waals surface area contributed by atoms with Crippen molar-refractivity contribution in [3.8, 4) is 0 Å². The first-order chi connectivity index (χ1) is 7.61. The van der Waals surface area contributed by atoms with E-state index >= 15 is 0 Å². The molecule has 1 fully saturated rings. The van der Waals surface area contributed by atoms with Crippen molar-refractivity contribution in [1.82, 2.24) is 9.55 Å². The minimum atomic E-state index is -0.503. The number of H-pyrrole nitrogens is 1.